The third-order valence-corrected chi connectivity index (χ3v) is 8.67. The summed E-state index contributed by atoms with van der Waals surface area (Å²) in [6.45, 7) is 5.36. The molecule has 4 rings (SSSR count). The minimum absolute atomic E-state index is 0.0593. The van der Waals surface area contributed by atoms with Crippen molar-refractivity contribution in [3.05, 3.63) is 113 Å². The Morgan fingerprint density at radius 2 is 1.18 bits per heavy atom. The van der Waals surface area contributed by atoms with Crippen LogP contribution in [0.1, 0.15) is 27.0 Å². The highest BCUT2D eigenvalue weighted by atomic mass is 32.2. The van der Waals surface area contributed by atoms with Gasteiger partial charge in [-0.1, -0.05) is 36.4 Å². The summed E-state index contributed by atoms with van der Waals surface area (Å²) in [5.74, 6) is -0.421. The van der Waals surface area contributed by atoms with E-state index in [1.807, 2.05) is 32.0 Å². The van der Waals surface area contributed by atoms with Crippen molar-refractivity contribution in [2.45, 2.75) is 30.6 Å². The van der Waals surface area contributed by atoms with Crippen LogP contribution in [0.4, 0.5) is 17.1 Å². The SMILES string of the molecule is Cc1cc(C(=O)Nc2ccc(S(=O)(=O)Nc3c(C)cccc3C)cc2)ccc1NS(=O)(=O)c1ccccc1. The maximum atomic E-state index is 12.9. The molecule has 0 fully saturated rings. The molecule has 38 heavy (non-hydrogen) atoms. The van der Waals surface area contributed by atoms with Crippen LogP contribution in [0.15, 0.2) is 101 Å². The zero-order chi connectivity index (χ0) is 27.5. The number of carbonyl (C=O) groups excluding carboxylic acids is 1. The van der Waals surface area contributed by atoms with Crippen LogP contribution >= 0.6 is 0 Å². The molecule has 0 spiro atoms. The van der Waals surface area contributed by atoms with Crippen LogP contribution in [-0.4, -0.2) is 22.7 Å². The van der Waals surface area contributed by atoms with Gasteiger partial charge in [0, 0.05) is 11.3 Å². The summed E-state index contributed by atoms with van der Waals surface area (Å²) in [5.41, 5.74) is 3.81. The molecule has 0 bridgehead atoms. The summed E-state index contributed by atoms with van der Waals surface area (Å²) in [6.07, 6.45) is 0. The summed E-state index contributed by atoms with van der Waals surface area (Å²) < 4.78 is 56.1. The number of sulfonamides is 2. The van der Waals surface area contributed by atoms with Gasteiger partial charge >= 0.3 is 0 Å². The van der Waals surface area contributed by atoms with E-state index in [9.17, 15) is 21.6 Å². The lowest BCUT2D eigenvalue weighted by atomic mass is 10.1. The molecule has 0 aliphatic rings. The monoisotopic (exact) mass is 549 g/mol. The first-order chi connectivity index (χ1) is 18.0. The van der Waals surface area contributed by atoms with E-state index in [0.29, 0.717) is 28.2 Å². The first-order valence-corrected chi connectivity index (χ1v) is 14.6. The molecule has 0 saturated heterocycles. The number of hydrogen-bond acceptors (Lipinski definition) is 5. The second-order valence-electron chi connectivity index (χ2n) is 8.80. The van der Waals surface area contributed by atoms with Crippen molar-refractivity contribution in [2.24, 2.45) is 0 Å². The number of para-hydroxylation sites is 1. The number of rotatable bonds is 8. The van der Waals surface area contributed by atoms with Crippen LogP contribution in [0.25, 0.3) is 0 Å². The molecule has 0 heterocycles. The Bertz CT molecular complexity index is 1680. The Hall–Kier alpha value is -4.15. The summed E-state index contributed by atoms with van der Waals surface area (Å²) in [5, 5.41) is 2.73. The van der Waals surface area contributed by atoms with Gasteiger partial charge in [-0.15, -0.1) is 0 Å². The molecule has 1 amide bonds. The summed E-state index contributed by atoms with van der Waals surface area (Å²) in [7, 11) is -7.58. The van der Waals surface area contributed by atoms with Crippen molar-refractivity contribution < 1.29 is 21.6 Å². The average Bonchev–Trinajstić information content (AvgIpc) is 2.88. The minimum atomic E-state index is -3.82. The molecular weight excluding hydrogens is 522 g/mol. The third kappa shape index (κ3) is 6.04. The number of anilines is 3. The van der Waals surface area contributed by atoms with Crippen LogP contribution < -0.4 is 14.8 Å². The molecule has 10 heteroatoms. The van der Waals surface area contributed by atoms with Gasteiger partial charge in [0.1, 0.15) is 0 Å². The van der Waals surface area contributed by atoms with E-state index in [4.69, 9.17) is 0 Å². The third-order valence-electron chi connectivity index (χ3n) is 5.93. The van der Waals surface area contributed by atoms with E-state index in [2.05, 4.69) is 14.8 Å². The second kappa shape index (κ2) is 10.7. The predicted octanol–water partition coefficient (Wildman–Crippen LogP) is 5.47. The van der Waals surface area contributed by atoms with Crippen LogP contribution in [0.5, 0.6) is 0 Å². The lowest BCUT2D eigenvalue weighted by Crippen LogP contribution is -2.16. The first kappa shape index (κ1) is 26.9. The Kier molecular flexibility index (Phi) is 7.56. The molecule has 0 atom stereocenters. The van der Waals surface area contributed by atoms with E-state index >= 15 is 0 Å². The molecule has 0 radical (unpaired) electrons. The fourth-order valence-corrected chi connectivity index (χ4v) is 6.17. The Morgan fingerprint density at radius 3 is 1.79 bits per heavy atom. The van der Waals surface area contributed by atoms with Gasteiger partial charge in [0.2, 0.25) is 0 Å². The zero-order valence-corrected chi connectivity index (χ0v) is 22.7. The number of amides is 1. The van der Waals surface area contributed by atoms with E-state index < -0.39 is 26.0 Å². The molecule has 4 aromatic carbocycles. The molecule has 0 aliphatic heterocycles. The zero-order valence-electron chi connectivity index (χ0n) is 21.0. The lowest BCUT2D eigenvalue weighted by Gasteiger charge is -2.14. The quantitative estimate of drug-likeness (QED) is 0.269. The van der Waals surface area contributed by atoms with Crippen molar-refractivity contribution in [2.75, 3.05) is 14.8 Å². The highest BCUT2D eigenvalue weighted by Gasteiger charge is 2.18. The van der Waals surface area contributed by atoms with Crippen molar-refractivity contribution in [3.8, 4) is 0 Å². The van der Waals surface area contributed by atoms with Gasteiger partial charge < -0.3 is 5.32 Å². The number of benzene rings is 4. The molecule has 4 aromatic rings. The van der Waals surface area contributed by atoms with Gasteiger partial charge in [-0.3, -0.25) is 14.2 Å². The molecule has 196 valence electrons. The first-order valence-electron chi connectivity index (χ1n) is 11.7. The largest absolute Gasteiger partial charge is 0.322 e. The van der Waals surface area contributed by atoms with Crippen molar-refractivity contribution in [3.63, 3.8) is 0 Å². The van der Waals surface area contributed by atoms with E-state index in [-0.39, 0.29) is 9.79 Å². The second-order valence-corrected chi connectivity index (χ2v) is 12.2. The summed E-state index contributed by atoms with van der Waals surface area (Å²) in [6, 6.07) is 24.0. The van der Waals surface area contributed by atoms with Gasteiger partial charge in [-0.05, 0) is 92.1 Å². The Morgan fingerprint density at radius 1 is 0.605 bits per heavy atom. The van der Waals surface area contributed by atoms with Crippen LogP contribution in [-0.2, 0) is 20.0 Å². The topological polar surface area (TPSA) is 121 Å². The number of nitrogens with one attached hydrogen (secondary N) is 3. The molecule has 8 nitrogen and oxygen atoms in total. The van der Waals surface area contributed by atoms with Gasteiger partial charge in [0.25, 0.3) is 26.0 Å². The molecule has 0 saturated carbocycles. The molecular formula is C28H27N3O5S2. The fraction of sp³-hybridized carbons (Fsp3) is 0.107. The highest BCUT2D eigenvalue weighted by Crippen LogP contribution is 2.25. The lowest BCUT2D eigenvalue weighted by molar-refractivity contribution is 0.102. The maximum Gasteiger partial charge on any atom is 0.261 e. The fourth-order valence-electron chi connectivity index (χ4n) is 3.81. The Labute approximate surface area is 222 Å². The van der Waals surface area contributed by atoms with E-state index in [1.165, 1.54) is 48.5 Å². The van der Waals surface area contributed by atoms with Crippen LogP contribution in [0.3, 0.4) is 0 Å². The number of aryl methyl sites for hydroxylation is 3. The number of carbonyl (C=O) groups is 1. The highest BCUT2D eigenvalue weighted by molar-refractivity contribution is 7.93. The van der Waals surface area contributed by atoms with E-state index in [0.717, 1.165) is 11.1 Å². The molecule has 0 aliphatic carbocycles. The Balaban J connectivity index is 1.45. The van der Waals surface area contributed by atoms with Gasteiger partial charge in [0.05, 0.1) is 21.2 Å². The minimum Gasteiger partial charge on any atom is -0.322 e. The average molecular weight is 550 g/mol. The normalized spacial score (nSPS) is 11.6. The van der Waals surface area contributed by atoms with Crippen molar-refractivity contribution >= 4 is 43.0 Å². The predicted molar refractivity (Wildman–Crippen MR) is 150 cm³/mol. The molecule has 3 N–H and O–H groups in total. The van der Waals surface area contributed by atoms with Crippen LogP contribution in [0, 0.1) is 20.8 Å². The molecule has 0 unspecified atom stereocenters. The van der Waals surface area contributed by atoms with E-state index in [1.54, 1.807) is 31.2 Å². The van der Waals surface area contributed by atoms with Gasteiger partial charge in [-0.2, -0.15) is 0 Å². The van der Waals surface area contributed by atoms with Crippen LogP contribution in [0.2, 0.25) is 0 Å². The van der Waals surface area contributed by atoms with Gasteiger partial charge in [0.15, 0.2) is 0 Å². The maximum absolute atomic E-state index is 12.9. The van der Waals surface area contributed by atoms with Gasteiger partial charge in [-0.25, -0.2) is 16.8 Å². The smallest absolute Gasteiger partial charge is 0.261 e. The standard InChI is InChI=1S/C28H27N3O5S2/c1-19-8-7-9-20(2)27(19)31-38(35,36)25-15-13-23(14-16-25)29-28(32)22-12-17-26(21(3)18-22)30-37(33,34)24-10-5-4-6-11-24/h4-18,30-31H,1-3H3,(H,29,32). The summed E-state index contributed by atoms with van der Waals surface area (Å²) >= 11 is 0. The summed E-state index contributed by atoms with van der Waals surface area (Å²) in [4.78, 5) is 13.0. The number of hydrogen-bond donors (Lipinski definition) is 3. The molecule has 0 aromatic heterocycles. The van der Waals surface area contributed by atoms with Crippen molar-refractivity contribution in [1.82, 2.24) is 0 Å². The van der Waals surface area contributed by atoms with Crippen molar-refractivity contribution in [1.29, 1.82) is 0 Å².